The number of benzene rings is 1. The first-order valence-electron chi connectivity index (χ1n) is 6.12. The van der Waals surface area contributed by atoms with Gasteiger partial charge < -0.3 is 5.11 Å². The maximum atomic E-state index is 13.9. The van der Waals surface area contributed by atoms with Gasteiger partial charge in [-0.2, -0.15) is 0 Å². The third-order valence-corrected chi connectivity index (χ3v) is 4.29. The number of aliphatic hydroxyl groups excluding tert-OH is 1. The van der Waals surface area contributed by atoms with Gasteiger partial charge in [0.15, 0.2) is 0 Å². The molecule has 96 valence electrons. The second-order valence-corrected chi connectivity index (χ2v) is 5.67. The minimum absolute atomic E-state index is 0.294. The topological polar surface area (TPSA) is 20.2 Å². The Morgan fingerprint density at radius 1 is 1.22 bits per heavy atom. The summed E-state index contributed by atoms with van der Waals surface area (Å²) in [6.45, 7) is 3.82. The van der Waals surface area contributed by atoms with Crippen molar-refractivity contribution in [3.63, 3.8) is 0 Å². The fraction of sp³-hybridized carbons (Fsp3) is 0.333. The molecule has 0 aliphatic rings. The molecule has 1 aromatic heterocycles. The highest BCUT2D eigenvalue weighted by atomic mass is 32.1. The van der Waals surface area contributed by atoms with Gasteiger partial charge in [-0.25, -0.2) is 4.39 Å². The molecule has 1 N–H and O–H groups in total. The molecular formula is C15H17FOS. The lowest BCUT2D eigenvalue weighted by Crippen LogP contribution is -2.04. The van der Waals surface area contributed by atoms with Crippen LogP contribution >= 0.6 is 11.3 Å². The summed E-state index contributed by atoms with van der Waals surface area (Å²) in [6, 6.07) is 9.23. The molecule has 1 aromatic carbocycles. The van der Waals surface area contributed by atoms with Crippen molar-refractivity contribution in [2.24, 2.45) is 0 Å². The fourth-order valence-electron chi connectivity index (χ4n) is 1.95. The molecular weight excluding hydrogens is 247 g/mol. The normalized spacial score (nSPS) is 12.7. The third-order valence-electron chi connectivity index (χ3n) is 3.04. The van der Waals surface area contributed by atoms with E-state index in [2.05, 4.69) is 13.0 Å². The number of hydrogen-bond donors (Lipinski definition) is 1. The molecule has 0 amide bonds. The summed E-state index contributed by atoms with van der Waals surface area (Å²) in [5.41, 5.74) is 0.966. The lowest BCUT2D eigenvalue weighted by Gasteiger charge is -2.12. The van der Waals surface area contributed by atoms with E-state index in [0.29, 0.717) is 17.5 Å². The van der Waals surface area contributed by atoms with E-state index in [-0.39, 0.29) is 5.82 Å². The molecule has 1 heterocycles. The third kappa shape index (κ3) is 2.79. The van der Waals surface area contributed by atoms with Crippen molar-refractivity contribution in [3.8, 4) is 0 Å². The number of thiophene rings is 1. The van der Waals surface area contributed by atoms with Gasteiger partial charge in [0.25, 0.3) is 0 Å². The second kappa shape index (κ2) is 5.63. The van der Waals surface area contributed by atoms with Crippen LogP contribution < -0.4 is 0 Å². The summed E-state index contributed by atoms with van der Waals surface area (Å²) in [5.74, 6) is -0.294. The van der Waals surface area contributed by atoms with E-state index in [0.717, 1.165) is 11.3 Å². The Morgan fingerprint density at radius 2 is 1.94 bits per heavy atom. The summed E-state index contributed by atoms with van der Waals surface area (Å²) >= 11 is 1.68. The van der Waals surface area contributed by atoms with Gasteiger partial charge in [-0.15, -0.1) is 11.3 Å². The van der Waals surface area contributed by atoms with E-state index < -0.39 is 6.10 Å². The highest BCUT2D eigenvalue weighted by Gasteiger charge is 2.15. The minimum Gasteiger partial charge on any atom is -0.388 e. The SMILES string of the molecule is CCc1ccc(CC(O)c2cccc(C)c2F)s1. The maximum absolute atomic E-state index is 13.9. The molecule has 1 unspecified atom stereocenters. The molecule has 2 aromatic rings. The zero-order chi connectivity index (χ0) is 13.1. The summed E-state index contributed by atoms with van der Waals surface area (Å²) < 4.78 is 13.9. The summed E-state index contributed by atoms with van der Waals surface area (Å²) in [5, 5.41) is 10.1. The standard InChI is InChI=1S/C15H17FOS/c1-3-11-7-8-12(18-11)9-14(17)13-6-4-5-10(2)15(13)16/h4-8,14,17H,3,9H2,1-2H3. The second-order valence-electron chi connectivity index (χ2n) is 4.42. The molecule has 0 saturated heterocycles. The maximum Gasteiger partial charge on any atom is 0.131 e. The van der Waals surface area contributed by atoms with Crippen molar-refractivity contribution in [1.82, 2.24) is 0 Å². The van der Waals surface area contributed by atoms with Gasteiger partial charge >= 0.3 is 0 Å². The van der Waals surface area contributed by atoms with E-state index in [1.165, 1.54) is 4.88 Å². The molecule has 2 rings (SSSR count). The van der Waals surface area contributed by atoms with Crippen molar-refractivity contribution < 1.29 is 9.50 Å². The molecule has 18 heavy (non-hydrogen) atoms. The summed E-state index contributed by atoms with van der Waals surface area (Å²) in [7, 11) is 0. The summed E-state index contributed by atoms with van der Waals surface area (Å²) in [6.07, 6.45) is 0.707. The van der Waals surface area contributed by atoms with Crippen LogP contribution in [0.25, 0.3) is 0 Å². The van der Waals surface area contributed by atoms with E-state index in [1.54, 1.807) is 36.5 Å². The van der Waals surface area contributed by atoms with Crippen molar-refractivity contribution in [2.75, 3.05) is 0 Å². The smallest absolute Gasteiger partial charge is 0.131 e. The monoisotopic (exact) mass is 264 g/mol. The zero-order valence-corrected chi connectivity index (χ0v) is 11.4. The van der Waals surface area contributed by atoms with Crippen molar-refractivity contribution in [1.29, 1.82) is 0 Å². The van der Waals surface area contributed by atoms with E-state index in [9.17, 15) is 9.50 Å². The van der Waals surface area contributed by atoms with Crippen LogP contribution in [0.1, 0.15) is 33.9 Å². The molecule has 0 spiro atoms. The Kier molecular flexibility index (Phi) is 4.15. The minimum atomic E-state index is -0.770. The predicted molar refractivity (Wildman–Crippen MR) is 73.5 cm³/mol. The van der Waals surface area contributed by atoms with Gasteiger partial charge in [0.1, 0.15) is 5.82 Å². The van der Waals surface area contributed by atoms with Gasteiger partial charge in [0, 0.05) is 21.7 Å². The summed E-state index contributed by atoms with van der Waals surface area (Å²) in [4.78, 5) is 2.39. The Balaban J connectivity index is 2.16. The number of rotatable bonds is 4. The highest BCUT2D eigenvalue weighted by molar-refractivity contribution is 7.11. The van der Waals surface area contributed by atoms with Gasteiger partial charge in [0.2, 0.25) is 0 Å². The quantitative estimate of drug-likeness (QED) is 0.883. The molecule has 0 saturated carbocycles. The lowest BCUT2D eigenvalue weighted by atomic mass is 10.0. The molecule has 1 atom stereocenters. The van der Waals surface area contributed by atoms with E-state index in [1.807, 2.05) is 6.07 Å². The average Bonchev–Trinajstić information content (AvgIpc) is 2.80. The molecule has 0 aliphatic heterocycles. The van der Waals surface area contributed by atoms with Gasteiger partial charge in [-0.1, -0.05) is 25.1 Å². The number of aliphatic hydroxyl groups is 1. The van der Waals surface area contributed by atoms with Crippen LogP contribution in [0.3, 0.4) is 0 Å². The van der Waals surface area contributed by atoms with Gasteiger partial charge in [0.05, 0.1) is 6.10 Å². The lowest BCUT2D eigenvalue weighted by molar-refractivity contribution is 0.174. The Labute approximate surface area is 111 Å². The Morgan fingerprint density at radius 3 is 2.61 bits per heavy atom. The van der Waals surface area contributed by atoms with Crippen molar-refractivity contribution in [3.05, 3.63) is 57.0 Å². The Hall–Kier alpha value is -1.19. The Bertz CT molecular complexity index is 533. The van der Waals surface area contributed by atoms with Crippen LogP contribution in [0.5, 0.6) is 0 Å². The zero-order valence-electron chi connectivity index (χ0n) is 10.6. The highest BCUT2D eigenvalue weighted by Crippen LogP contribution is 2.26. The van der Waals surface area contributed by atoms with Crippen LogP contribution in [0.4, 0.5) is 4.39 Å². The molecule has 0 fully saturated rings. The molecule has 0 bridgehead atoms. The molecule has 1 nitrogen and oxygen atoms in total. The molecule has 0 radical (unpaired) electrons. The fourth-order valence-corrected chi connectivity index (χ4v) is 2.94. The first kappa shape index (κ1) is 13.2. The van der Waals surface area contributed by atoms with E-state index in [4.69, 9.17) is 0 Å². The predicted octanol–water partition coefficient (Wildman–Crippen LogP) is 4.03. The average molecular weight is 264 g/mol. The van der Waals surface area contributed by atoms with Crippen LogP contribution in [0, 0.1) is 12.7 Å². The van der Waals surface area contributed by atoms with Crippen LogP contribution in [0.2, 0.25) is 0 Å². The van der Waals surface area contributed by atoms with Crippen molar-refractivity contribution >= 4 is 11.3 Å². The van der Waals surface area contributed by atoms with Gasteiger partial charge in [-0.05, 0) is 31.0 Å². The first-order valence-corrected chi connectivity index (χ1v) is 6.94. The number of halogens is 1. The van der Waals surface area contributed by atoms with Crippen LogP contribution in [0.15, 0.2) is 30.3 Å². The number of aryl methyl sites for hydroxylation is 2. The van der Waals surface area contributed by atoms with E-state index >= 15 is 0 Å². The number of hydrogen-bond acceptors (Lipinski definition) is 2. The first-order chi connectivity index (χ1) is 8.61. The molecule has 0 aliphatic carbocycles. The largest absolute Gasteiger partial charge is 0.388 e. The van der Waals surface area contributed by atoms with Crippen LogP contribution in [-0.2, 0) is 12.8 Å². The van der Waals surface area contributed by atoms with Crippen molar-refractivity contribution in [2.45, 2.75) is 32.8 Å². The van der Waals surface area contributed by atoms with Gasteiger partial charge in [-0.3, -0.25) is 0 Å². The van der Waals surface area contributed by atoms with Crippen LogP contribution in [-0.4, -0.2) is 5.11 Å². The molecule has 3 heteroatoms.